The summed E-state index contributed by atoms with van der Waals surface area (Å²) in [6.07, 6.45) is 7.79. The molecule has 1 heterocycles. The first-order chi connectivity index (χ1) is 18.7. The minimum atomic E-state index is -1.04. The molecule has 0 bridgehead atoms. The predicted molar refractivity (Wildman–Crippen MR) is 149 cm³/mol. The molecular formula is C30H32N4O5. The summed E-state index contributed by atoms with van der Waals surface area (Å²) in [7, 11) is 1.75. The number of hydrogen-bond donors (Lipinski definition) is 3. The summed E-state index contributed by atoms with van der Waals surface area (Å²) in [6.45, 7) is 3.14. The van der Waals surface area contributed by atoms with Gasteiger partial charge in [-0.1, -0.05) is 72.8 Å². The molecule has 0 aliphatic heterocycles. The molecule has 39 heavy (non-hydrogen) atoms. The van der Waals surface area contributed by atoms with Gasteiger partial charge in [0.05, 0.1) is 6.20 Å². The molecule has 3 atom stereocenters. The lowest BCUT2D eigenvalue weighted by Crippen LogP contribution is -2.40. The Morgan fingerprint density at radius 1 is 1.10 bits per heavy atom. The van der Waals surface area contributed by atoms with Crippen molar-refractivity contribution >= 4 is 29.4 Å². The Labute approximate surface area is 227 Å². The Balaban J connectivity index is 1.40. The number of anilines is 1. The lowest BCUT2D eigenvalue weighted by molar-refractivity contribution is -0.141. The highest BCUT2D eigenvalue weighted by atomic mass is 16.6. The van der Waals surface area contributed by atoms with Crippen LogP contribution in [0.15, 0.2) is 79.0 Å². The van der Waals surface area contributed by atoms with Crippen LogP contribution in [-0.2, 0) is 21.4 Å². The molecule has 9 heteroatoms. The minimum absolute atomic E-state index is 0.0226. The van der Waals surface area contributed by atoms with E-state index in [1.807, 2.05) is 73.7 Å². The van der Waals surface area contributed by atoms with E-state index in [9.17, 15) is 19.5 Å². The maximum absolute atomic E-state index is 12.6. The molecule has 1 aliphatic carbocycles. The molecule has 0 radical (unpaired) electrons. The summed E-state index contributed by atoms with van der Waals surface area (Å²) in [5.41, 5.74) is 4.60. The summed E-state index contributed by atoms with van der Waals surface area (Å²) in [6, 6.07) is 16.5. The molecule has 1 aromatic heterocycles. The highest BCUT2D eigenvalue weighted by Gasteiger charge is 2.23. The van der Waals surface area contributed by atoms with Gasteiger partial charge in [0.15, 0.2) is 0 Å². The SMILES string of the molecule is CC(=O)NC(CC1C=CC(c2ccc(-c3cnn(C)c3NC(=O)O[C@H](C)c3ccccc3)cc2)=CC1)C(=O)O. The van der Waals surface area contributed by atoms with Gasteiger partial charge in [-0.2, -0.15) is 5.10 Å². The van der Waals surface area contributed by atoms with Crippen LogP contribution in [-0.4, -0.2) is 38.9 Å². The number of benzene rings is 2. The third-order valence-electron chi connectivity index (χ3n) is 6.64. The number of nitrogens with one attached hydrogen (secondary N) is 2. The molecule has 2 aromatic carbocycles. The van der Waals surface area contributed by atoms with Crippen molar-refractivity contribution in [2.75, 3.05) is 5.32 Å². The molecular weight excluding hydrogens is 496 g/mol. The number of aryl methyl sites for hydroxylation is 1. The van der Waals surface area contributed by atoms with Gasteiger partial charge in [-0.25, -0.2) is 9.59 Å². The third-order valence-corrected chi connectivity index (χ3v) is 6.64. The number of nitrogens with zero attached hydrogens (tertiary/aromatic N) is 2. The number of aromatic nitrogens is 2. The molecule has 0 fully saturated rings. The molecule has 3 N–H and O–H groups in total. The van der Waals surface area contributed by atoms with E-state index in [2.05, 4.69) is 21.8 Å². The van der Waals surface area contributed by atoms with Crippen molar-refractivity contribution in [1.82, 2.24) is 15.1 Å². The summed E-state index contributed by atoms with van der Waals surface area (Å²) < 4.78 is 7.15. The molecule has 1 aliphatic rings. The largest absolute Gasteiger partial charge is 0.480 e. The number of allylic oxidation sites excluding steroid dienone is 4. The van der Waals surface area contributed by atoms with Crippen molar-refractivity contribution in [2.45, 2.75) is 38.8 Å². The second-order valence-corrected chi connectivity index (χ2v) is 9.53. The van der Waals surface area contributed by atoms with Crippen molar-refractivity contribution in [3.8, 4) is 11.1 Å². The van der Waals surface area contributed by atoms with Gasteiger partial charge in [-0.3, -0.25) is 14.8 Å². The van der Waals surface area contributed by atoms with Crippen LogP contribution in [0.2, 0.25) is 0 Å². The van der Waals surface area contributed by atoms with Crippen molar-refractivity contribution in [2.24, 2.45) is 13.0 Å². The molecule has 9 nitrogen and oxygen atoms in total. The van der Waals surface area contributed by atoms with Crippen LogP contribution < -0.4 is 10.6 Å². The van der Waals surface area contributed by atoms with E-state index in [1.54, 1.807) is 17.9 Å². The zero-order valence-electron chi connectivity index (χ0n) is 22.1. The first-order valence-corrected chi connectivity index (χ1v) is 12.7. The Morgan fingerprint density at radius 3 is 2.41 bits per heavy atom. The summed E-state index contributed by atoms with van der Waals surface area (Å²) in [5.74, 6) is -0.842. The topological polar surface area (TPSA) is 123 Å². The fraction of sp³-hybridized carbons (Fsp3) is 0.267. The van der Waals surface area contributed by atoms with Crippen LogP contribution in [0.1, 0.15) is 43.9 Å². The molecule has 0 saturated carbocycles. The first-order valence-electron chi connectivity index (χ1n) is 12.7. The van der Waals surface area contributed by atoms with Crippen LogP contribution in [0, 0.1) is 5.92 Å². The van der Waals surface area contributed by atoms with Gasteiger partial charge in [0.25, 0.3) is 0 Å². The van der Waals surface area contributed by atoms with E-state index in [4.69, 9.17) is 4.74 Å². The van der Waals surface area contributed by atoms with E-state index in [0.29, 0.717) is 18.7 Å². The lowest BCUT2D eigenvalue weighted by Gasteiger charge is -2.21. The first kappa shape index (κ1) is 27.4. The number of carboxylic acids is 1. The van der Waals surface area contributed by atoms with Crippen LogP contribution in [0.25, 0.3) is 16.7 Å². The third kappa shape index (κ3) is 7.01. The molecule has 3 aromatic rings. The average molecular weight is 529 g/mol. The number of aliphatic carboxylic acids is 1. The number of carbonyl (C=O) groups excluding carboxylic acids is 2. The van der Waals surface area contributed by atoms with Crippen LogP contribution in [0.3, 0.4) is 0 Å². The van der Waals surface area contributed by atoms with Gasteiger partial charge < -0.3 is 15.2 Å². The normalized spacial score (nSPS) is 16.1. The van der Waals surface area contributed by atoms with E-state index >= 15 is 0 Å². The number of rotatable bonds is 9. The Morgan fingerprint density at radius 2 is 1.79 bits per heavy atom. The zero-order valence-corrected chi connectivity index (χ0v) is 22.1. The molecule has 0 saturated heterocycles. The van der Waals surface area contributed by atoms with E-state index in [0.717, 1.165) is 27.8 Å². The van der Waals surface area contributed by atoms with E-state index in [1.165, 1.54) is 6.92 Å². The predicted octanol–water partition coefficient (Wildman–Crippen LogP) is 5.34. The minimum Gasteiger partial charge on any atom is -0.480 e. The van der Waals surface area contributed by atoms with Crippen LogP contribution >= 0.6 is 0 Å². The van der Waals surface area contributed by atoms with Gasteiger partial charge in [-0.15, -0.1) is 0 Å². The summed E-state index contributed by atoms with van der Waals surface area (Å²) in [5, 5.41) is 19.0. The Hall–Kier alpha value is -4.66. The summed E-state index contributed by atoms with van der Waals surface area (Å²) >= 11 is 0. The van der Waals surface area contributed by atoms with Gasteiger partial charge in [-0.05, 0) is 47.9 Å². The number of amides is 2. The molecule has 0 spiro atoms. The van der Waals surface area contributed by atoms with Crippen LogP contribution in [0.4, 0.5) is 10.6 Å². The Bertz CT molecular complexity index is 1390. The summed E-state index contributed by atoms with van der Waals surface area (Å²) in [4.78, 5) is 35.4. The second-order valence-electron chi connectivity index (χ2n) is 9.53. The molecule has 2 unspecified atom stereocenters. The monoisotopic (exact) mass is 528 g/mol. The van der Waals surface area contributed by atoms with Gasteiger partial charge in [0, 0.05) is 19.5 Å². The van der Waals surface area contributed by atoms with Gasteiger partial charge >= 0.3 is 12.1 Å². The van der Waals surface area contributed by atoms with Crippen molar-refractivity contribution in [1.29, 1.82) is 0 Å². The van der Waals surface area contributed by atoms with Gasteiger partial charge in [0.2, 0.25) is 5.91 Å². The molecule has 2 amide bonds. The number of carbonyl (C=O) groups is 3. The smallest absolute Gasteiger partial charge is 0.413 e. The number of hydrogen-bond acceptors (Lipinski definition) is 5. The quantitative estimate of drug-likeness (QED) is 0.345. The second kappa shape index (κ2) is 12.3. The van der Waals surface area contributed by atoms with Crippen molar-refractivity contribution in [3.05, 3.63) is 90.1 Å². The lowest BCUT2D eigenvalue weighted by atomic mass is 9.88. The molecule has 202 valence electrons. The van der Waals surface area contributed by atoms with E-state index < -0.39 is 24.2 Å². The van der Waals surface area contributed by atoms with E-state index in [-0.39, 0.29) is 11.8 Å². The van der Waals surface area contributed by atoms with Crippen LogP contribution in [0.5, 0.6) is 0 Å². The molecule has 4 rings (SSSR count). The number of ether oxygens (including phenoxy) is 1. The fourth-order valence-electron chi connectivity index (χ4n) is 4.54. The van der Waals surface area contributed by atoms with Gasteiger partial charge in [0.1, 0.15) is 18.0 Å². The highest BCUT2D eigenvalue weighted by Crippen LogP contribution is 2.31. The Kier molecular flexibility index (Phi) is 8.60. The maximum Gasteiger partial charge on any atom is 0.413 e. The number of carboxylic acid groups (broad SMARTS) is 1. The van der Waals surface area contributed by atoms with Crippen molar-refractivity contribution < 1.29 is 24.2 Å². The zero-order chi connectivity index (χ0) is 27.9. The average Bonchev–Trinajstić information content (AvgIpc) is 3.28. The maximum atomic E-state index is 12.6. The highest BCUT2D eigenvalue weighted by molar-refractivity contribution is 5.90. The standard InChI is InChI=1S/C30H32N4O5/c1-19(22-7-5-4-6-8-22)39-30(38)33-28-26(18-31-34(28)3)25-15-13-24(14-16-25)23-11-9-21(10-12-23)17-27(29(36)37)32-20(2)35/h4-9,11-16,18-19,21,27H,10,17H2,1-3H3,(H,32,35)(H,33,38)(H,36,37)/t19-,21?,27?/m1/s1. The van der Waals surface area contributed by atoms with Crippen molar-refractivity contribution in [3.63, 3.8) is 0 Å². The fourth-order valence-corrected chi connectivity index (χ4v) is 4.54.